The van der Waals surface area contributed by atoms with Gasteiger partial charge in [-0.25, -0.2) is 15.0 Å². The molecule has 5 aromatic rings. The Morgan fingerprint density at radius 1 is 1.07 bits per heavy atom. The molecule has 0 bridgehead atoms. The first-order chi connectivity index (χ1) is 13.2. The predicted molar refractivity (Wildman–Crippen MR) is 103 cm³/mol. The van der Waals surface area contributed by atoms with Crippen LogP contribution >= 0.6 is 11.8 Å². The summed E-state index contributed by atoms with van der Waals surface area (Å²) in [4.78, 5) is 21.5. The quantitative estimate of drug-likeness (QED) is 0.380. The second kappa shape index (κ2) is 6.20. The summed E-state index contributed by atoms with van der Waals surface area (Å²) in [6.45, 7) is 1.88. The van der Waals surface area contributed by atoms with Crippen LogP contribution in [-0.4, -0.2) is 41.6 Å². The summed E-state index contributed by atoms with van der Waals surface area (Å²) < 4.78 is 6.95. The Kier molecular flexibility index (Phi) is 3.68. The molecule has 0 amide bonds. The molecule has 5 rings (SSSR count). The highest BCUT2D eigenvalue weighted by atomic mass is 32.2. The molecule has 0 spiro atoms. The van der Waals surface area contributed by atoms with Gasteiger partial charge >= 0.3 is 0 Å². The first-order valence-corrected chi connectivity index (χ1v) is 9.34. The van der Waals surface area contributed by atoms with Gasteiger partial charge in [0.2, 0.25) is 5.88 Å². The van der Waals surface area contributed by atoms with Crippen molar-refractivity contribution in [2.24, 2.45) is 0 Å². The fourth-order valence-electron chi connectivity index (χ4n) is 2.97. The van der Waals surface area contributed by atoms with E-state index in [0.717, 1.165) is 38.9 Å². The smallest absolute Gasteiger partial charge is 0.215 e. The van der Waals surface area contributed by atoms with Gasteiger partial charge in [-0.15, -0.1) is 5.10 Å². The summed E-state index contributed by atoms with van der Waals surface area (Å²) >= 11 is 1.55. The van der Waals surface area contributed by atoms with Gasteiger partial charge in [-0.05, 0) is 25.1 Å². The van der Waals surface area contributed by atoms with Gasteiger partial charge in [0.05, 0.1) is 23.9 Å². The van der Waals surface area contributed by atoms with Crippen LogP contribution in [0.15, 0.2) is 41.6 Å². The number of aromatic amines is 1. The van der Waals surface area contributed by atoms with E-state index < -0.39 is 0 Å². The van der Waals surface area contributed by atoms with Crippen LogP contribution in [0.4, 0.5) is 0 Å². The van der Waals surface area contributed by atoms with Crippen LogP contribution in [0, 0.1) is 6.92 Å². The van der Waals surface area contributed by atoms with Crippen LogP contribution < -0.4 is 4.74 Å². The lowest BCUT2D eigenvalue weighted by atomic mass is 10.2. The third-order valence-electron chi connectivity index (χ3n) is 4.17. The highest BCUT2D eigenvalue weighted by molar-refractivity contribution is 7.98. The van der Waals surface area contributed by atoms with Gasteiger partial charge in [0.1, 0.15) is 11.6 Å². The molecule has 1 aromatic carbocycles. The molecule has 8 nitrogen and oxygen atoms in total. The van der Waals surface area contributed by atoms with E-state index in [4.69, 9.17) is 9.72 Å². The molecule has 4 aromatic heterocycles. The molecule has 27 heavy (non-hydrogen) atoms. The number of hydrogen-bond donors (Lipinski definition) is 1. The van der Waals surface area contributed by atoms with Gasteiger partial charge in [-0.3, -0.25) is 0 Å². The van der Waals surface area contributed by atoms with Gasteiger partial charge in [-0.1, -0.05) is 23.9 Å². The molecule has 0 aliphatic rings. The van der Waals surface area contributed by atoms with Gasteiger partial charge in [0.25, 0.3) is 0 Å². The van der Waals surface area contributed by atoms with Crippen molar-refractivity contribution in [2.45, 2.75) is 17.8 Å². The number of nitrogens with zero attached hydrogens (tertiary/aromatic N) is 6. The van der Waals surface area contributed by atoms with Crippen LogP contribution in [0.2, 0.25) is 0 Å². The normalized spacial score (nSPS) is 11.6. The van der Waals surface area contributed by atoms with Crippen molar-refractivity contribution in [3.05, 3.63) is 48.0 Å². The highest BCUT2D eigenvalue weighted by Crippen LogP contribution is 2.26. The Balaban J connectivity index is 1.52. The van der Waals surface area contributed by atoms with Gasteiger partial charge in [0.15, 0.2) is 16.5 Å². The lowest BCUT2D eigenvalue weighted by molar-refractivity contribution is 0.399. The summed E-state index contributed by atoms with van der Waals surface area (Å²) in [7, 11) is 1.59. The second-order valence-electron chi connectivity index (χ2n) is 6.00. The number of nitrogens with one attached hydrogen (secondary N) is 1. The molecule has 1 N–H and O–H groups in total. The molecule has 4 heterocycles. The van der Waals surface area contributed by atoms with Crippen molar-refractivity contribution in [3.8, 4) is 5.88 Å². The number of aromatic nitrogens is 7. The van der Waals surface area contributed by atoms with Crippen molar-refractivity contribution < 1.29 is 4.74 Å². The van der Waals surface area contributed by atoms with Crippen molar-refractivity contribution in [1.29, 1.82) is 0 Å². The summed E-state index contributed by atoms with van der Waals surface area (Å²) in [5, 5.41) is 6.27. The van der Waals surface area contributed by atoms with Crippen LogP contribution in [0.25, 0.3) is 27.7 Å². The average Bonchev–Trinajstić information content (AvgIpc) is 3.28. The van der Waals surface area contributed by atoms with E-state index in [1.165, 1.54) is 0 Å². The number of methoxy groups -OCH3 is 1. The van der Waals surface area contributed by atoms with Crippen molar-refractivity contribution in [1.82, 2.24) is 34.5 Å². The molecule has 0 radical (unpaired) electrons. The lowest BCUT2D eigenvalue weighted by Gasteiger charge is -2.05. The van der Waals surface area contributed by atoms with Gasteiger partial charge in [0, 0.05) is 11.5 Å². The first-order valence-electron chi connectivity index (χ1n) is 8.36. The maximum Gasteiger partial charge on any atom is 0.215 e. The van der Waals surface area contributed by atoms with Crippen LogP contribution in [-0.2, 0) is 5.75 Å². The fourth-order valence-corrected chi connectivity index (χ4v) is 3.78. The minimum atomic E-state index is 0.546. The maximum atomic E-state index is 5.15. The number of benzene rings is 1. The van der Waals surface area contributed by atoms with Crippen LogP contribution in [0.5, 0.6) is 5.88 Å². The summed E-state index contributed by atoms with van der Waals surface area (Å²) in [5.41, 5.74) is 3.23. The Hall–Kier alpha value is -3.20. The van der Waals surface area contributed by atoms with E-state index in [1.54, 1.807) is 23.4 Å². The summed E-state index contributed by atoms with van der Waals surface area (Å²) in [6.07, 6.45) is 0. The third-order valence-corrected chi connectivity index (χ3v) is 5.11. The molecular formula is C18H15N7OS. The minimum absolute atomic E-state index is 0.546. The summed E-state index contributed by atoms with van der Waals surface area (Å²) in [6, 6.07) is 11.7. The topological polar surface area (TPSA) is 93.9 Å². The van der Waals surface area contributed by atoms with Gasteiger partial charge in [-0.2, -0.15) is 9.50 Å². The zero-order valence-electron chi connectivity index (χ0n) is 14.7. The number of aryl methyl sites for hydroxylation is 1. The molecule has 9 heteroatoms. The predicted octanol–water partition coefficient (Wildman–Crippen LogP) is 3.16. The largest absolute Gasteiger partial charge is 0.481 e. The third kappa shape index (κ3) is 2.76. The molecule has 0 unspecified atom stereocenters. The second-order valence-corrected chi connectivity index (χ2v) is 6.95. The first kappa shape index (κ1) is 16.0. The Morgan fingerprint density at radius 2 is 1.96 bits per heavy atom. The van der Waals surface area contributed by atoms with E-state index in [2.05, 4.69) is 25.0 Å². The molecule has 0 atom stereocenters. The monoisotopic (exact) mass is 377 g/mol. The lowest BCUT2D eigenvalue weighted by Crippen LogP contribution is -1.99. The number of para-hydroxylation sites is 1. The SMILES string of the molecule is COc1ccc2[nH]c(CSc3nc4ccccc4c4nc(C)nn34)nc2n1. The Morgan fingerprint density at radius 3 is 2.85 bits per heavy atom. The minimum Gasteiger partial charge on any atom is -0.481 e. The highest BCUT2D eigenvalue weighted by Gasteiger charge is 2.13. The molecule has 0 saturated heterocycles. The van der Waals surface area contributed by atoms with Crippen LogP contribution in [0.1, 0.15) is 11.6 Å². The Labute approximate surface area is 158 Å². The number of thioether (sulfide) groups is 1. The van der Waals surface area contributed by atoms with Crippen molar-refractivity contribution in [3.63, 3.8) is 0 Å². The summed E-state index contributed by atoms with van der Waals surface area (Å²) in [5.74, 6) is 2.69. The maximum absolute atomic E-state index is 5.15. The van der Waals surface area contributed by atoms with E-state index in [-0.39, 0.29) is 0 Å². The van der Waals surface area contributed by atoms with E-state index >= 15 is 0 Å². The molecule has 0 aliphatic heterocycles. The number of pyridine rings is 1. The van der Waals surface area contributed by atoms with Crippen molar-refractivity contribution in [2.75, 3.05) is 7.11 Å². The van der Waals surface area contributed by atoms with E-state index in [0.29, 0.717) is 17.3 Å². The molecule has 134 valence electrons. The standard InChI is InChI=1S/C18H15N7OS/c1-10-19-17-11-5-3-4-6-12(11)21-18(25(17)24-10)27-9-14-20-13-7-8-15(26-2)23-16(13)22-14/h3-8H,9H2,1-2H3,(H,20,22,23). The zero-order valence-corrected chi connectivity index (χ0v) is 15.5. The number of imidazole rings is 1. The molecule has 0 fully saturated rings. The Bertz CT molecular complexity index is 1290. The molecule has 0 saturated carbocycles. The van der Waals surface area contributed by atoms with E-state index in [9.17, 15) is 0 Å². The zero-order chi connectivity index (χ0) is 18.4. The fraction of sp³-hybridized carbons (Fsp3) is 0.167. The average molecular weight is 377 g/mol. The molecule has 0 aliphatic carbocycles. The van der Waals surface area contributed by atoms with Crippen molar-refractivity contribution >= 4 is 39.5 Å². The number of fused-ring (bicyclic) bond motifs is 4. The number of rotatable bonds is 4. The number of hydrogen-bond acceptors (Lipinski definition) is 7. The van der Waals surface area contributed by atoms with Crippen LogP contribution in [0.3, 0.4) is 0 Å². The molecular weight excluding hydrogens is 362 g/mol. The van der Waals surface area contributed by atoms with Gasteiger partial charge < -0.3 is 9.72 Å². The van der Waals surface area contributed by atoms with E-state index in [1.807, 2.05) is 43.3 Å². The number of H-pyrrole nitrogens is 1. The number of ether oxygens (including phenoxy) is 1.